The first kappa shape index (κ1) is 16.2. The van der Waals surface area contributed by atoms with Gasteiger partial charge in [-0.3, -0.25) is 0 Å². The highest BCUT2D eigenvalue weighted by Crippen LogP contribution is 2.52. The molecule has 1 unspecified atom stereocenters. The number of para-hydroxylation sites is 1. The predicted molar refractivity (Wildman–Crippen MR) is 101 cm³/mol. The maximum Gasteiger partial charge on any atom is 0.232 e. The van der Waals surface area contributed by atoms with Crippen molar-refractivity contribution >= 4 is 16.9 Å². The first-order valence-corrected chi connectivity index (χ1v) is 9.80. The Balaban J connectivity index is 1.70. The lowest BCUT2D eigenvalue weighted by Gasteiger charge is -2.52. The Morgan fingerprint density at radius 1 is 1.12 bits per heavy atom. The van der Waals surface area contributed by atoms with Crippen molar-refractivity contribution in [1.29, 1.82) is 0 Å². The fraction of sp³-hybridized carbons (Fsp3) is 0.350. The summed E-state index contributed by atoms with van der Waals surface area (Å²) < 4.78 is 6.17. The van der Waals surface area contributed by atoms with Crippen LogP contribution in [0.1, 0.15) is 22.7 Å². The quantitative estimate of drug-likeness (QED) is 0.853. The number of aliphatic hydroxyl groups excluding tert-OH is 2. The molecule has 2 bridgehead atoms. The first-order valence-electron chi connectivity index (χ1n) is 8.81. The third kappa shape index (κ3) is 2.22. The Hall–Kier alpha value is -2.02. The minimum Gasteiger partial charge on any atom is -0.463 e. The van der Waals surface area contributed by atoms with Crippen LogP contribution in [0.15, 0.2) is 53.5 Å². The fourth-order valence-corrected chi connectivity index (χ4v) is 5.40. The third-order valence-electron chi connectivity index (χ3n) is 5.59. The third-order valence-corrected chi connectivity index (χ3v) is 6.63. The molecule has 134 valence electrons. The van der Waals surface area contributed by atoms with Gasteiger partial charge in [0.2, 0.25) is 5.72 Å². The van der Waals surface area contributed by atoms with Crippen LogP contribution in [0.2, 0.25) is 0 Å². The van der Waals surface area contributed by atoms with Gasteiger partial charge in [-0.05, 0) is 17.2 Å². The summed E-state index contributed by atoms with van der Waals surface area (Å²) in [5.41, 5.74) is 2.51. The van der Waals surface area contributed by atoms with E-state index in [1.165, 1.54) is 11.1 Å². The minimum atomic E-state index is -1.12. The summed E-state index contributed by atoms with van der Waals surface area (Å²) in [6.07, 6.45) is 0. The molecule has 3 aliphatic rings. The molecule has 2 N–H and O–H groups in total. The highest BCUT2D eigenvalue weighted by atomic mass is 32.2. The zero-order chi connectivity index (χ0) is 17.7. The average molecular weight is 368 g/mol. The Labute approximate surface area is 156 Å². The molecule has 2 aromatic carbocycles. The summed E-state index contributed by atoms with van der Waals surface area (Å²) in [7, 11) is 0. The molecule has 26 heavy (non-hydrogen) atoms. The molecule has 0 radical (unpaired) electrons. The molecule has 3 aliphatic heterocycles. The van der Waals surface area contributed by atoms with E-state index in [4.69, 9.17) is 9.73 Å². The molecule has 0 amide bonds. The zero-order valence-electron chi connectivity index (χ0n) is 14.2. The molecule has 5 nitrogen and oxygen atoms in total. The molecule has 0 fully saturated rings. The number of aliphatic imine (C=N–C) groups is 1. The fourth-order valence-electron chi connectivity index (χ4n) is 4.27. The maximum atomic E-state index is 10.2. The predicted octanol–water partition coefficient (Wildman–Crippen LogP) is 2.54. The van der Waals surface area contributed by atoms with Crippen molar-refractivity contribution in [2.24, 2.45) is 10.9 Å². The van der Waals surface area contributed by atoms with Gasteiger partial charge < -0.3 is 19.8 Å². The SMILES string of the molecule is OC[C@@H]1[C@H]2c3ccccc3OC1(CO)N=C1SCc3ccccc3CN12. The number of aliphatic hydroxyl groups is 2. The summed E-state index contributed by atoms with van der Waals surface area (Å²) in [5.74, 6) is 1.25. The van der Waals surface area contributed by atoms with Gasteiger partial charge in [-0.1, -0.05) is 54.2 Å². The summed E-state index contributed by atoms with van der Waals surface area (Å²) in [5, 5.41) is 21.2. The van der Waals surface area contributed by atoms with Crippen molar-refractivity contribution in [3.8, 4) is 5.75 Å². The Bertz CT molecular complexity index is 887. The highest BCUT2D eigenvalue weighted by molar-refractivity contribution is 8.13. The van der Waals surface area contributed by atoms with E-state index in [1.807, 2.05) is 24.3 Å². The number of amidine groups is 1. The van der Waals surface area contributed by atoms with E-state index in [0.717, 1.165) is 28.8 Å². The molecule has 3 heterocycles. The molecule has 6 heteroatoms. The van der Waals surface area contributed by atoms with Gasteiger partial charge in [-0.2, -0.15) is 0 Å². The van der Waals surface area contributed by atoms with Gasteiger partial charge in [-0.25, -0.2) is 4.99 Å². The summed E-state index contributed by atoms with van der Waals surface area (Å²) in [6, 6.07) is 16.2. The monoisotopic (exact) mass is 368 g/mol. The van der Waals surface area contributed by atoms with Gasteiger partial charge >= 0.3 is 0 Å². The van der Waals surface area contributed by atoms with Crippen LogP contribution in [0.5, 0.6) is 5.75 Å². The number of nitrogens with zero attached hydrogens (tertiary/aromatic N) is 2. The lowest BCUT2D eigenvalue weighted by atomic mass is 9.80. The lowest BCUT2D eigenvalue weighted by Crippen LogP contribution is -2.60. The lowest BCUT2D eigenvalue weighted by molar-refractivity contribution is -0.101. The van der Waals surface area contributed by atoms with Gasteiger partial charge in [0.1, 0.15) is 12.4 Å². The summed E-state index contributed by atoms with van der Waals surface area (Å²) in [6.45, 7) is 0.381. The largest absolute Gasteiger partial charge is 0.463 e. The Morgan fingerprint density at radius 3 is 2.69 bits per heavy atom. The Kier molecular flexibility index (Phi) is 3.74. The first-order chi connectivity index (χ1) is 12.8. The molecular weight excluding hydrogens is 348 g/mol. The van der Waals surface area contributed by atoms with Crippen molar-refractivity contribution in [3.63, 3.8) is 0 Å². The summed E-state index contributed by atoms with van der Waals surface area (Å²) in [4.78, 5) is 7.11. The van der Waals surface area contributed by atoms with Crippen LogP contribution in [-0.4, -0.2) is 39.2 Å². The zero-order valence-corrected chi connectivity index (χ0v) is 15.0. The standard InChI is InChI=1S/C20H20N2O3S/c23-10-16-18-15-7-3-4-8-17(15)25-20(16,12-24)21-19-22(18)9-13-5-1-2-6-14(13)11-26-19/h1-8,16,18,23-24H,9-12H2/t16-,18-,20?/m1/s1. The summed E-state index contributed by atoms with van der Waals surface area (Å²) >= 11 is 1.67. The van der Waals surface area contributed by atoms with Gasteiger partial charge in [0.05, 0.1) is 18.6 Å². The van der Waals surface area contributed by atoms with Gasteiger partial charge in [-0.15, -0.1) is 0 Å². The molecule has 3 atom stereocenters. The average Bonchev–Trinajstić information content (AvgIpc) is 2.86. The molecule has 0 aliphatic carbocycles. The van der Waals surface area contributed by atoms with Crippen LogP contribution >= 0.6 is 11.8 Å². The number of rotatable bonds is 2. The molecule has 0 saturated heterocycles. The van der Waals surface area contributed by atoms with Crippen molar-refractivity contribution in [1.82, 2.24) is 4.90 Å². The van der Waals surface area contributed by atoms with Crippen molar-refractivity contribution in [2.75, 3.05) is 13.2 Å². The van der Waals surface area contributed by atoms with E-state index in [1.54, 1.807) is 11.8 Å². The van der Waals surface area contributed by atoms with Crippen molar-refractivity contribution in [2.45, 2.75) is 24.1 Å². The molecule has 2 aromatic rings. The number of thioether (sulfide) groups is 1. The molecule has 0 spiro atoms. The molecule has 5 rings (SSSR count). The number of hydrogen-bond donors (Lipinski definition) is 2. The van der Waals surface area contributed by atoms with Crippen LogP contribution in [0.3, 0.4) is 0 Å². The van der Waals surface area contributed by atoms with E-state index in [-0.39, 0.29) is 25.2 Å². The van der Waals surface area contributed by atoms with E-state index >= 15 is 0 Å². The molecular formula is C20H20N2O3S. The van der Waals surface area contributed by atoms with E-state index < -0.39 is 5.72 Å². The van der Waals surface area contributed by atoms with Gasteiger partial charge in [0, 0.05) is 17.9 Å². The van der Waals surface area contributed by atoms with Crippen molar-refractivity contribution in [3.05, 3.63) is 65.2 Å². The Morgan fingerprint density at radius 2 is 1.88 bits per heavy atom. The van der Waals surface area contributed by atoms with Crippen LogP contribution in [0.4, 0.5) is 0 Å². The van der Waals surface area contributed by atoms with E-state index in [0.29, 0.717) is 0 Å². The topological polar surface area (TPSA) is 65.3 Å². The number of benzene rings is 2. The van der Waals surface area contributed by atoms with Crippen LogP contribution in [0, 0.1) is 5.92 Å². The highest BCUT2D eigenvalue weighted by Gasteiger charge is 2.55. The number of hydrogen-bond acceptors (Lipinski definition) is 6. The van der Waals surface area contributed by atoms with Gasteiger partial charge in [0.25, 0.3) is 0 Å². The van der Waals surface area contributed by atoms with E-state index in [2.05, 4.69) is 29.2 Å². The number of fused-ring (bicyclic) bond motifs is 7. The smallest absolute Gasteiger partial charge is 0.232 e. The second kappa shape index (κ2) is 6.01. The van der Waals surface area contributed by atoms with Crippen molar-refractivity contribution < 1.29 is 14.9 Å². The van der Waals surface area contributed by atoms with E-state index in [9.17, 15) is 10.2 Å². The second-order valence-electron chi connectivity index (χ2n) is 6.96. The van der Waals surface area contributed by atoms with Gasteiger partial charge in [0.15, 0.2) is 5.17 Å². The normalized spacial score (nSPS) is 28.8. The second-order valence-corrected chi connectivity index (χ2v) is 7.90. The van der Waals surface area contributed by atoms with Crippen LogP contribution in [0.25, 0.3) is 0 Å². The number of ether oxygens (including phenoxy) is 1. The maximum absolute atomic E-state index is 10.2. The molecule has 0 aromatic heterocycles. The van der Waals surface area contributed by atoms with Crippen LogP contribution in [-0.2, 0) is 12.3 Å². The molecule has 0 saturated carbocycles. The van der Waals surface area contributed by atoms with Crippen LogP contribution < -0.4 is 4.74 Å². The minimum absolute atomic E-state index is 0.0803.